The van der Waals surface area contributed by atoms with Crippen LogP contribution < -0.4 is 10.6 Å². The average molecular weight is 359 g/mol. The Morgan fingerprint density at radius 2 is 1.79 bits per heavy atom. The number of nitrogens with one attached hydrogen (secondary N) is 2. The van der Waals surface area contributed by atoms with Crippen molar-refractivity contribution in [1.82, 2.24) is 10.6 Å². The van der Waals surface area contributed by atoms with Gasteiger partial charge in [-0.25, -0.2) is 4.79 Å². The predicted octanol–water partition coefficient (Wildman–Crippen LogP) is 2.43. The van der Waals surface area contributed by atoms with Crippen LogP contribution in [0.2, 0.25) is 0 Å². The molecule has 2 aliphatic carbocycles. The molecule has 5 nitrogen and oxygen atoms in total. The van der Waals surface area contributed by atoms with E-state index in [9.17, 15) is 9.59 Å². The van der Waals surface area contributed by atoms with Crippen molar-refractivity contribution in [2.45, 2.75) is 63.8 Å². The fourth-order valence-electron chi connectivity index (χ4n) is 4.67. The van der Waals surface area contributed by atoms with E-state index in [2.05, 4.69) is 17.6 Å². The summed E-state index contributed by atoms with van der Waals surface area (Å²) in [4.78, 5) is 25.2. The standard InChI is InChI=1S/C18H30N2O3.ClH/c1-3-13-4-6-18(7-5-13,16(22)23-2)20-15(21)14-12-17(14)8-10-19-11-9-17;/h13-14,19H,3-12H2,1-2H3,(H,20,21);1H. The monoisotopic (exact) mass is 358 g/mol. The molecule has 24 heavy (non-hydrogen) atoms. The van der Waals surface area contributed by atoms with Gasteiger partial charge in [0.1, 0.15) is 5.54 Å². The molecule has 1 saturated heterocycles. The number of amides is 1. The van der Waals surface area contributed by atoms with Crippen molar-refractivity contribution < 1.29 is 14.3 Å². The van der Waals surface area contributed by atoms with Crippen molar-refractivity contribution in [2.75, 3.05) is 20.2 Å². The Bertz CT molecular complexity index is 469. The lowest BCUT2D eigenvalue weighted by molar-refractivity contribution is -0.153. The molecule has 3 fully saturated rings. The fourth-order valence-corrected chi connectivity index (χ4v) is 4.67. The van der Waals surface area contributed by atoms with E-state index in [1.54, 1.807) is 0 Å². The first-order chi connectivity index (χ1) is 11.1. The summed E-state index contributed by atoms with van der Waals surface area (Å²) >= 11 is 0. The van der Waals surface area contributed by atoms with E-state index < -0.39 is 5.54 Å². The third-order valence-electron chi connectivity index (χ3n) is 6.58. The zero-order valence-corrected chi connectivity index (χ0v) is 15.7. The molecule has 1 aliphatic heterocycles. The number of carbonyl (C=O) groups is 2. The van der Waals surface area contributed by atoms with Crippen LogP contribution in [0.1, 0.15) is 58.3 Å². The van der Waals surface area contributed by atoms with Crippen LogP contribution in [-0.4, -0.2) is 37.6 Å². The highest BCUT2D eigenvalue weighted by Gasteiger charge is 2.59. The second kappa shape index (κ2) is 7.61. The van der Waals surface area contributed by atoms with Gasteiger partial charge in [-0.3, -0.25) is 4.79 Å². The van der Waals surface area contributed by atoms with Gasteiger partial charge in [0.25, 0.3) is 0 Å². The van der Waals surface area contributed by atoms with Crippen LogP contribution in [0.3, 0.4) is 0 Å². The quantitative estimate of drug-likeness (QED) is 0.757. The lowest BCUT2D eigenvalue weighted by atomic mass is 9.75. The maximum Gasteiger partial charge on any atom is 0.331 e. The van der Waals surface area contributed by atoms with E-state index in [1.165, 1.54) is 7.11 Å². The lowest BCUT2D eigenvalue weighted by Crippen LogP contribution is -2.57. The number of ether oxygens (including phenoxy) is 1. The van der Waals surface area contributed by atoms with Crippen LogP contribution in [-0.2, 0) is 14.3 Å². The molecule has 1 amide bonds. The van der Waals surface area contributed by atoms with Crippen LogP contribution in [0.5, 0.6) is 0 Å². The molecular weight excluding hydrogens is 328 g/mol. The second-order valence-corrected chi connectivity index (χ2v) is 7.78. The fraction of sp³-hybridized carbons (Fsp3) is 0.889. The minimum Gasteiger partial charge on any atom is -0.467 e. The van der Waals surface area contributed by atoms with Gasteiger partial charge >= 0.3 is 5.97 Å². The zero-order valence-electron chi connectivity index (χ0n) is 14.9. The number of esters is 1. The summed E-state index contributed by atoms with van der Waals surface area (Å²) in [6, 6.07) is 0. The summed E-state index contributed by atoms with van der Waals surface area (Å²) in [5.74, 6) is 0.573. The highest BCUT2D eigenvalue weighted by atomic mass is 35.5. The van der Waals surface area contributed by atoms with E-state index in [0.29, 0.717) is 18.8 Å². The van der Waals surface area contributed by atoms with Crippen molar-refractivity contribution in [3.63, 3.8) is 0 Å². The number of rotatable bonds is 4. The molecule has 3 rings (SSSR count). The van der Waals surface area contributed by atoms with Crippen LogP contribution >= 0.6 is 12.4 Å². The van der Waals surface area contributed by atoms with Crippen LogP contribution in [0, 0.1) is 17.3 Å². The molecule has 2 N–H and O–H groups in total. The Balaban J connectivity index is 0.00000208. The summed E-state index contributed by atoms with van der Waals surface area (Å²) in [6.07, 6.45) is 7.69. The SMILES string of the molecule is CCC1CCC(NC(=O)C2CC23CCNCC3)(C(=O)OC)CC1.Cl. The molecule has 0 bridgehead atoms. The number of carbonyl (C=O) groups excluding carboxylic acids is 2. The minimum atomic E-state index is -0.784. The summed E-state index contributed by atoms with van der Waals surface area (Å²) in [5, 5.41) is 6.49. The van der Waals surface area contributed by atoms with Crippen molar-refractivity contribution in [1.29, 1.82) is 0 Å². The number of hydrogen-bond acceptors (Lipinski definition) is 4. The van der Waals surface area contributed by atoms with Gasteiger partial charge in [0.2, 0.25) is 5.91 Å². The smallest absolute Gasteiger partial charge is 0.331 e. The molecule has 3 aliphatic rings. The normalized spacial score (nSPS) is 34.1. The number of halogens is 1. The first-order valence-corrected chi connectivity index (χ1v) is 9.16. The molecule has 1 spiro atoms. The van der Waals surface area contributed by atoms with Gasteiger partial charge in [-0.2, -0.15) is 0 Å². The van der Waals surface area contributed by atoms with E-state index in [-0.39, 0.29) is 35.6 Å². The molecule has 2 saturated carbocycles. The second-order valence-electron chi connectivity index (χ2n) is 7.78. The maximum absolute atomic E-state index is 12.8. The van der Waals surface area contributed by atoms with Gasteiger partial charge < -0.3 is 15.4 Å². The predicted molar refractivity (Wildman–Crippen MR) is 95.0 cm³/mol. The van der Waals surface area contributed by atoms with Crippen molar-refractivity contribution >= 4 is 24.3 Å². The van der Waals surface area contributed by atoms with Crippen LogP contribution in [0.25, 0.3) is 0 Å². The van der Waals surface area contributed by atoms with E-state index in [4.69, 9.17) is 4.74 Å². The summed E-state index contributed by atoms with van der Waals surface area (Å²) < 4.78 is 5.04. The highest BCUT2D eigenvalue weighted by molar-refractivity contribution is 5.90. The number of methoxy groups -OCH3 is 1. The Labute approximate surface area is 151 Å². The van der Waals surface area contributed by atoms with Crippen LogP contribution in [0.4, 0.5) is 0 Å². The minimum absolute atomic E-state index is 0. The van der Waals surface area contributed by atoms with Crippen molar-refractivity contribution in [3.8, 4) is 0 Å². The summed E-state index contributed by atoms with van der Waals surface area (Å²) in [5.41, 5.74) is -0.582. The number of hydrogen-bond donors (Lipinski definition) is 2. The Morgan fingerprint density at radius 3 is 2.33 bits per heavy atom. The molecule has 1 atom stereocenters. The number of piperidine rings is 1. The first kappa shape index (κ1) is 19.5. The summed E-state index contributed by atoms with van der Waals surface area (Å²) in [7, 11) is 1.42. The Hall–Kier alpha value is -0.810. The topological polar surface area (TPSA) is 67.4 Å². The molecule has 1 unspecified atom stereocenters. The first-order valence-electron chi connectivity index (χ1n) is 9.16. The largest absolute Gasteiger partial charge is 0.467 e. The zero-order chi connectivity index (χ0) is 16.5. The molecule has 138 valence electrons. The average Bonchev–Trinajstić information content (AvgIpc) is 3.28. The highest BCUT2D eigenvalue weighted by Crippen LogP contribution is 2.58. The molecule has 0 radical (unpaired) electrons. The lowest BCUT2D eigenvalue weighted by Gasteiger charge is -2.38. The van der Waals surface area contributed by atoms with Crippen molar-refractivity contribution in [3.05, 3.63) is 0 Å². The van der Waals surface area contributed by atoms with Crippen molar-refractivity contribution in [2.24, 2.45) is 17.3 Å². The molecular formula is C18H31ClN2O3. The van der Waals surface area contributed by atoms with E-state index in [1.807, 2.05) is 0 Å². The van der Waals surface area contributed by atoms with E-state index in [0.717, 1.165) is 51.6 Å². The molecule has 0 aromatic heterocycles. The maximum atomic E-state index is 12.8. The van der Waals surface area contributed by atoms with Gasteiger partial charge in [0.05, 0.1) is 7.11 Å². The third-order valence-corrected chi connectivity index (χ3v) is 6.58. The van der Waals surface area contributed by atoms with Crippen LogP contribution in [0.15, 0.2) is 0 Å². The van der Waals surface area contributed by atoms with Gasteiger partial charge in [0.15, 0.2) is 0 Å². The molecule has 1 heterocycles. The van der Waals surface area contributed by atoms with E-state index >= 15 is 0 Å². The van der Waals surface area contributed by atoms with Gasteiger partial charge in [-0.1, -0.05) is 13.3 Å². The molecule has 6 heteroatoms. The molecule has 0 aromatic carbocycles. The Morgan fingerprint density at radius 1 is 1.17 bits per heavy atom. The molecule has 0 aromatic rings. The Kier molecular flexibility index (Phi) is 6.19. The van der Waals surface area contributed by atoms with Gasteiger partial charge in [-0.15, -0.1) is 12.4 Å². The van der Waals surface area contributed by atoms with Gasteiger partial charge in [-0.05, 0) is 69.4 Å². The summed E-state index contributed by atoms with van der Waals surface area (Å²) in [6.45, 7) is 4.20. The third kappa shape index (κ3) is 3.57. The van der Waals surface area contributed by atoms with Gasteiger partial charge in [0, 0.05) is 5.92 Å².